The van der Waals surface area contributed by atoms with Gasteiger partial charge in [-0.2, -0.15) is 0 Å². The third-order valence-electron chi connectivity index (χ3n) is 12.6. The van der Waals surface area contributed by atoms with Crippen molar-refractivity contribution in [2.24, 2.45) is 0 Å². The summed E-state index contributed by atoms with van der Waals surface area (Å²) in [4.78, 5) is 39.1. The van der Waals surface area contributed by atoms with Crippen LogP contribution in [0.2, 0.25) is 0 Å². The molecule has 0 rings (SSSR count). The smallest absolute Gasteiger partial charge is 0.335 e. The molecule has 0 N–H and O–H groups in total. The molecule has 7 nitrogen and oxygen atoms in total. The van der Waals surface area contributed by atoms with Gasteiger partial charge in [-0.15, -0.1) is 0 Å². The van der Waals surface area contributed by atoms with Gasteiger partial charge in [0, 0.05) is 12.8 Å². The van der Waals surface area contributed by atoms with E-state index in [9.17, 15) is 14.4 Å². The third kappa shape index (κ3) is 49.8. The zero-order valence-electron chi connectivity index (χ0n) is 45.0. The summed E-state index contributed by atoms with van der Waals surface area (Å²) in [6, 6.07) is 0. The van der Waals surface area contributed by atoms with Crippen molar-refractivity contribution in [2.75, 3.05) is 13.2 Å². The monoisotopic (exact) mass is 943 g/mol. The van der Waals surface area contributed by atoms with Crippen molar-refractivity contribution in [3.8, 4) is 0 Å². The lowest BCUT2D eigenvalue weighted by molar-refractivity contribution is -0.173. The van der Waals surface area contributed by atoms with Crippen molar-refractivity contribution in [3.63, 3.8) is 0 Å². The summed E-state index contributed by atoms with van der Waals surface area (Å²) in [7, 11) is 0. The molecule has 7 heteroatoms. The van der Waals surface area contributed by atoms with E-state index in [1.165, 1.54) is 148 Å². The van der Waals surface area contributed by atoms with Gasteiger partial charge >= 0.3 is 17.9 Å². The van der Waals surface area contributed by atoms with Crippen molar-refractivity contribution in [1.82, 2.24) is 0 Å². The zero-order valence-corrected chi connectivity index (χ0v) is 45.0. The number of hydrogen-bond acceptors (Lipinski definition) is 7. The van der Waals surface area contributed by atoms with Gasteiger partial charge in [0.25, 0.3) is 0 Å². The van der Waals surface area contributed by atoms with Crippen molar-refractivity contribution < 1.29 is 33.3 Å². The fraction of sp³-hybridized carbons (Fsp3) is 0.850. The summed E-state index contributed by atoms with van der Waals surface area (Å²) in [6.07, 6.45) is 59.0. The predicted molar refractivity (Wildman–Crippen MR) is 286 cm³/mol. The highest BCUT2D eigenvalue weighted by Crippen LogP contribution is 2.17. The molecule has 67 heavy (non-hydrogen) atoms. The Bertz CT molecular complexity index is 1160. The summed E-state index contributed by atoms with van der Waals surface area (Å²) in [6.45, 7) is 10.3. The summed E-state index contributed by atoms with van der Waals surface area (Å²) in [5, 5.41) is 0. The average molecular weight is 944 g/mol. The summed E-state index contributed by atoms with van der Waals surface area (Å²) < 4.78 is 23.2. The number of allylic oxidation sites excluding steroid dienone is 6. The Labute approximate surface area is 415 Å². The first kappa shape index (κ1) is 64.6. The summed E-state index contributed by atoms with van der Waals surface area (Å²) in [5.74, 6) is -1.11. The van der Waals surface area contributed by atoms with Crippen LogP contribution in [0.5, 0.6) is 0 Å². The number of hydrogen-bond donors (Lipinski definition) is 0. The fourth-order valence-electron chi connectivity index (χ4n) is 8.36. The molecule has 0 bridgehead atoms. The predicted octanol–water partition coefficient (Wildman–Crippen LogP) is 18.5. The highest BCUT2D eigenvalue weighted by atomic mass is 16.6. The van der Waals surface area contributed by atoms with Gasteiger partial charge in [0.2, 0.25) is 0 Å². The minimum absolute atomic E-state index is 0.127. The maximum Gasteiger partial charge on any atom is 0.335 e. The molecule has 0 aromatic carbocycles. The van der Waals surface area contributed by atoms with E-state index in [4.69, 9.17) is 18.9 Å². The number of unbranched alkanes of at least 4 members (excludes halogenated alkanes) is 32. The van der Waals surface area contributed by atoms with E-state index in [2.05, 4.69) is 57.2 Å². The van der Waals surface area contributed by atoms with Gasteiger partial charge in [0.15, 0.2) is 12.2 Å². The molecule has 0 aromatic heterocycles. The van der Waals surface area contributed by atoms with Crippen LogP contribution in [0.4, 0.5) is 0 Å². The molecular weight excluding hydrogens is 833 g/mol. The molecule has 2 atom stereocenters. The normalized spacial score (nSPS) is 12.8. The molecule has 0 saturated carbocycles. The standard InChI is InChI=1S/C60H110O7/c1-6-9-12-15-18-21-24-27-30-33-36-39-42-45-48-51-58(61)64-53-56(67-59(62)52-49-46-43-40-37-34-31-28-25-22-19-16-13-10-7-2)54-65-60(63)57(66-55(4)5)50-47-44-41-38-35-32-29-26-23-20-17-14-11-8-3/h27-32,55-57H,6-26,33-54H2,1-5H3/b30-27-,31-28-,32-29-. The lowest BCUT2D eigenvalue weighted by atomic mass is 10.1. The third-order valence-corrected chi connectivity index (χ3v) is 12.6. The lowest BCUT2D eigenvalue weighted by Crippen LogP contribution is -2.35. The van der Waals surface area contributed by atoms with E-state index in [0.717, 1.165) is 96.3 Å². The first-order valence-corrected chi connectivity index (χ1v) is 29.0. The van der Waals surface area contributed by atoms with Crippen LogP contribution in [-0.4, -0.2) is 49.4 Å². The topological polar surface area (TPSA) is 88.1 Å². The highest BCUT2D eigenvalue weighted by Gasteiger charge is 2.25. The second-order valence-corrected chi connectivity index (χ2v) is 19.8. The van der Waals surface area contributed by atoms with Crippen molar-refractivity contribution >= 4 is 17.9 Å². The van der Waals surface area contributed by atoms with Crippen molar-refractivity contribution in [2.45, 2.75) is 316 Å². The van der Waals surface area contributed by atoms with Crippen LogP contribution in [0.1, 0.15) is 298 Å². The fourth-order valence-corrected chi connectivity index (χ4v) is 8.36. The van der Waals surface area contributed by atoms with Crippen LogP contribution in [0.25, 0.3) is 0 Å². The minimum Gasteiger partial charge on any atom is -0.462 e. The van der Waals surface area contributed by atoms with Crippen molar-refractivity contribution in [1.29, 1.82) is 0 Å². The van der Waals surface area contributed by atoms with Crippen LogP contribution in [0, 0.1) is 0 Å². The second-order valence-electron chi connectivity index (χ2n) is 19.8. The Morgan fingerprint density at radius 2 is 0.687 bits per heavy atom. The molecule has 0 aromatic rings. The van der Waals surface area contributed by atoms with Gasteiger partial charge in [-0.05, 0) is 110 Å². The summed E-state index contributed by atoms with van der Waals surface area (Å²) in [5.41, 5.74) is 0. The number of ether oxygens (including phenoxy) is 4. The first-order chi connectivity index (χ1) is 32.8. The van der Waals surface area contributed by atoms with Crippen LogP contribution < -0.4 is 0 Å². The molecule has 392 valence electrons. The summed E-state index contributed by atoms with van der Waals surface area (Å²) >= 11 is 0. The van der Waals surface area contributed by atoms with Gasteiger partial charge in [-0.1, -0.05) is 211 Å². The Morgan fingerprint density at radius 1 is 0.373 bits per heavy atom. The molecule has 0 saturated heterocycles. The minimum atomic E-state index is -0.855. The number of rotatable bonds is 52. The molecular formula is C60H110O7. The van der Waals surface area contributed by atoms with Gasteiger partial charge < -0.3 is 18.9 Å². The Morgan fingerprint density at radius 3 is 1.06 bits per heavy atom. The van der Waals surface area contributed by atoms with Gasteiger partial charge in [0.1, 0.15) is 13.2 Å². The maximum atomic E-state index is 13.4. The number of esters is 3. The molecule has 0 fully saturated rings. The van der Waals surface area contributed by atoms with E-state index in [-0.39, 0.29) is 31.3 Å². The Kier molecular flexibility index (Phi) is 51.0. The molecule has 0 heterocycles. The van der Waals surface area contributed by atoms with E-state index >= 15 is 0 Å². The highest BCUT2D eigenvalue weighted by molar-refractivity contribution is 5.75. The molecule has 0 aliphatic heterocycles. The maximum absolute atomic E-state index is 13.4. The second kappa shape index (κ2) is 53.0. The molecule has 2 unspecified atom stereocenters. The van der Waals surface area contributed by atoms with Gasteiger partial charge in [-0.3, -0.25) is 9.59 Å². The van der Waals surface area contributed by atoms with E-state index < -0.39 is 18.2 Å². The average Bonchev–Trinajstić information content (AvgIpc) is 3.31. The zero-order chi connectivity index (χ0) is 48.9. The van der Waals surface area contributed by atoms with Crippen LogP contribution in [-0.2, 0) is 33.3 Å². The lowest BCUT2D eigenvalue weighted by Gasteiger charge is -2.22. The van der Waals surface area contributed by atoms with Crippen LogP contribution >= 0.6 is 0 Å². The Hall–Kier alpha value is -2.41. The van der Waals surface area contributed by atoms with E-state index in [0.29, 0.717) is 19.3 Å². The first-order valence-electron chi connectivity index (χ1n) is 29.0. The van der Waals surface area contributed by atoms with Crippen molar-refractivity contribution in [3.05, 3.63) is 36.5 Å². The van der Waals surface area contributed by atoms with E-state index in [1.807, 2.05) is 13.8 Å². The van der Waals surface area contributed by atoms with Crippen LogP contribution in [0.15, 0.2) is 36.5 Å². The molecule has 0 spiro atoms. The van der Waals surface area contributed by atoms with Gasteiger partial charge in [-0.25, -0.2) is 4.79 Å². The Balaban J connectivity index is 4.77. The number of carbonyl (C=O) groups excluding carboxylic acids is 3. The molecule has 0 radical (unpaired) electrons. The molecule has 0 aliphatic carbocycles. The van der Waals surface area contributed by atoms with Gasteiger partial charge in [0.05, 0.1) is 6.10 Å². The van der Waals surface area contributed by atoms with E-state index in [1.54, 1.807) is 0 Å². The number of carbonyl (C=O) groups is 3. The SMILES string of the molecule is CCCCCCCC/C=C\CCCCCCCC(=O)OCC(COC(=O)C(CCCCCC/C=C\CCCCCCCC)OC(C)C)OC(=O)CCCCCCC/C=C\CCCCCCCC. The molecule has 0 aliphatic rings. The molecule has 0 amide bonds. The van der Waals surface area contributed by atoms with Crippen LogP contribution in [0.3, 0.4) is 0 Å². The largest absolute Gasteiger partial charge is 0.462 e. The quantitative estimate of drug-likeness (QED) is 0.0260.